The van der Waals surface area contributed by atoms with Gasteiger partial charge in [-0.05, 0) is 53.6 Å². The van der Waals surface area contributed by atoms with Gasteiger partial charge >= 0.3 is 6.61 Å². The van der Waals surface area contributed by atoms with Gasteiger partial charge in [-0.2, -0.15) is 8.78 Å². The number of anilines is 1. The Bertz CT molecular complexity index is 962. The Morgan fingerprint density at radius 2 is 2.04 bits per heavy atom. The molecule has 3 aromatic rings. The predicted octanol–water partition coefficient (Wildman–Crippen LogP) is 2.86. The molecule has 2 heterocycles. The van der Waals surface area contributed by atoms with Gasteiger partial charge in [-0.25, -0.2) is 4.68 Å². The van der Waals surface area contributed by atoms with Crippen LogP contribution < -0.4 is 9.64 Å². The molecule has 1 aliphatic rings. The SMILES string of the molecule is O=C(c1cccc(-n2cnnn2)c1)N1CCCc2c(OC(F)F)cccc21. The van der Waals surface area contributed by atoms with Gasteiger partial charge in [0.25, 0.3) is 5.91 Å². The maximum Gasteiger partial charge on any atom is 0.387 e. The van der Waals surface area contributed by atoms with Gasteiger partial charge < -0.3 is 9.64 Å². The Morgan fingerprint density at radius 3 is 2.81 bits per heavy atom. The van der Waals surface area contributed by atoms with Crippen LogP contribution >= 0.6 is 0 Å². The highest BCUT2D eigenvalue weighted by Crippen LogP contribution is 2.35. The second-order valence-corrected chi connectivity index (χ2v) is 6.00. The lowest BCUT2D eigenvalue weighted by Gasteiger charge is -2.30. The molecular formula is C18H15F2N5O2. The Balaban J connectivity index is 1.68. The molecule has 0 saturated heterocycles. The third-order valence-corrected chi connectivity index (χ3v) is 4.38. The molecule has 0 atom stereocenters. The minimum atomic E-state index is -2.91. The smallest absolute Gasteiger partial charge is 0.387 e. The topological polar surface area (TPSA) is 73.1 Å². The van der Waals surface area contributed by atoms with Crippen LogP contribution in [0.4, 0.5) is 14.5 Å². The number of carbonyl (C=O) groups excluding carboxylic acids is 1. The first-order valence-electron chi connectivity index (χ1n) is 8.35. The van der Waals surface area contributed by atoms with Crippen LogP contribution in [0.15, 0.2) is 48.8 Å². The number of tetrazole rings is 1. The van der Waals surface area contributed by atoms with Crippen molar-refractivity contribution in [3.05, 3.63) is 59.9 Å². The number of hydrogen-bond donors (Lipinski definition) is 0. The molecule has 7 nitrogen and oxygen atoms in total. The van der Waals surface area contributed by atoms with E-state index in [-0.39, 0.29) is 11.7 Å². The number of hydrogen-bond acceptors (Lipinski definition) is 5. The van der Waals surface area contributed by atoms with Crippen molar-refractivity contribution in [2.24, 2.45) is 0 Å². The first-order valence-corrected chi connectivity index (χ1v) is 8.35. The van der Waals surface area contributed by atoms with Crippen LogP contribution in [0.1, 0.15) is 22.3 Å². The molecule has 0 aliphatic carbocycles. The molecule has 9 heteroatoms. The Kier molecular flexibility index (Phi) is 4.49. The van der Waals surface area contributed by atoms with Crippen molar-refractivity contribution >= 4 is 11.6 Å². The molecule has 0 saturated carbocycles. The van der Waals surface area contributed by atoms with Crippen molar-refractivity contribution in [1.82, 2.24) is 20.2 Å². The fourth-order valence-electron chi connectivity index (χ4n) is 3.23. The number of rotatable bonds is 4. The van der Waals surface area contributed by atoms with Crippen molar-refractivity contribution in [3.8, 4) is 11.4 Å². The Hall–Kier alpha value is -3.36. The maximum atomic E-state index is 13.1. The van der Waals surface area contributed by atoms with Gasteiger partial charge in [0.05, 0.1) is 11.4 Å². The second-order valence-electron chi connectivity index (χ2n) is 6.00. The van der Waals surface area contributed by atoms with E-state index in [1.165, 1.54) is 17.1 Å². The number of ether oxygens (including phenoxy) is 1. The van der Waals surface area contributed by atoms with Crippen LogP contribution in [0.3, 0.4) is 0 Å². The number of fused-ring (bicyclic) bond motifs is 1. The van der Waals surface area contributed by atoms with Crippen LogP contribution in [0, 0.1) is 0 Å². The minimum absolute atomic E-state index is 0.113. The van der Waals surface area contributed by atoms with E-state index < -0.39 is 6.61 Å². The van der Waals surface area contributed by atoms with Gasteiger partial charge in [-0.3, -0.25) is 4.79 Å². The molecule has 0 spiro atoms. The molecule has 1 aromatic heterocycles. The first-order chi connectivity index (χ1) is 13.1. The monoisotopic (exact) mass is 371 g/mol. The molecule has 0 fully saturated rings. The zero-order valence-corrected chi connectivity index (χ0v) is 14.1. The van der Waals surface area contributed by atoms with Crippen LogP contribution in [-0.2, 0) is 6.42 Å². The summed E-state index contributed by atoms with van der Waals surface area (Å²) in [6.45, 7) is -2.41. The van der Waals surface area contributed by atoms with Gasteiger partial charge in [0.15, 0.2) is 0 Å². The van der Waals surface area contributed by atoms with Crippen molar-refractivity contribution in [2.45, 2.75) is 19.5 Å². The quantitative estimate of drug-likeness (QED) is 0.705. The van der Waals surface area contributed by atoms with Gasteiger partial charge in [0.2, 0.25) is 0 Å². The lowest BCUT2D eigenvalue weighted by atomic mass is 9.99. The number of benzene rings is 2. The minimum Gasteiger partial charge on any atom is -0.434 e. The number of nitrogens with zero attached hydrogens (tertiary/aromatic N) is 5. The average Bonchev–Trinajstić information content (AvgIpc) is 3.22. The van der Waals surface area contributed by atoms with Crippen molar-refractivity contribution in [2.75, 3.05) is 11.4 Å². The molecule has 0 N–H and O–H groups in total. The number of aromatic nitrogens is 4. The number of alkyl halides is 2. The molecule has 138 valence electrons. The predicted molar refractivity (Wildman–Crippen MR) is 92.2 cm³/mol. The number of halogens is 2. The van der Waals surface area contributed by atoms with E-state index in [2.05, 4.69) is 20.3 Å². The summed E-state index contributed by atoms with van der Waals surface area (Å²) in [5.41, 5.74) is 2.32. The van der Waals surface area contributed by atoms with E-state index in [4.69, 9.17) is 0 Å². The molecule has 27 heavy (non-hydrogen) atoms. The van der Waals surface area contributed by atoms with Gasteiger partial charge in [-0.15, -0.1) is 5.10 Å². The summed E-state index contributed by atoms with van der Waals surface area (Å²) >= 11 is 0. The molecule has 4 rings (SSSR count). The van der Waals surface area contributed by atoms with E-state index in [9.17, 15) is 13.6 Å². The largest absolute Gasteiger partial charge is 0.434 e. The molecule has 1 aliphatic heterocycles. The maximum absolute atomic E-state index is 13.1. The zero-order chi connectivity index (χ0) is 18.8. The third-order valence-electron chi connectivity index (χ3n) is 4.38. The Morgan fingerprint density at radius 1 is 1.19 bits per heavy atom. The van der Waals surface area contributed by atoms with E-state index in [1.54, 1.807) is 41.3 Å². The van der Waals surface area contributed by atoms with Crippen LogP contribution in [0.25, 0.3) is 5.69 Å². The number of carbonyl (C=O) groups is 1. The molecule has 2 aromatic carbocycles. The summed E-state index contributed by atoms with van der Waals surface area (Å²) in [7, 11) is 0. The van der Waals surface area contributed by atoms with E-state index in [1.807, 2.05) is 0 Å². The second kappa shape index (κ2) is 7.10. The summed E-state index contributed by atoms with van der Waals surface area (Å²) in [5, 5.41) is 11.0. The van der Waals surface area contributed by atoms with Crippen molar-refractivity contribution in [1.29, 1.82) is 0 Å². The molecular weight excluding hydrogens is 356 g/mol. The highest BCUT2D eigenvalue weighted by atomic mass is 19.3. The zero-order valence-electron chi connectivity index (χ0n) is 14.1. The van der Waals surface area contributed by atoms with Crippen LogP contribution in [0.5, 0.6) is 5.75 Å². The van der Waals surface area contributed by atoms with E-state index >= 15 is 0 Å². The molecule has 1 amide bonds. The lowest BCUT2D eigenvalue weighted by molar-refractivity contribution is -0.0504. The highest BCUT2D eigenvalue weighted by molar-refractivity contribution is 6.07. The van der Waals surface area contributed by atoms with Crippen molar-refractivity contribution < 1.29 is 18.3 Å². The standard InChI is InChI=1S/C18H15F2N5O2/c19-18(20)27-16-8-2-7-15-14(16)6-3-9-24(15)17(26)12-4-1-5-13(10-12)25-11-21-22-23-25/h1-2,4-5,7-8,10-11,18H,3,6,9H2. The summed E-state index contributed by atoms with van der Waals surface area (Å²) in [6.07, 6.45) is 2.68. The summed E-state index contributed by atoms with van der Waals surface area (Å²) in [4.78, 5) is 14.7. The van der Waals surface area contributed by atoms with Crippen molar-refractivity contribution in [3.63, 3.8) is 0 Å². The van der Waals surface area contributed by atoms with E-state index in [0.29, 0.717) is 41.9 Å². The normalized spacial score (nSPS) is 13.5. The third kappa shape index (κ3) is 3.35. The summed E-state index contributed by atoms with van der Waals surface area (Å²) in [6, 6.07) is 11.8. The van der Waals surface area contributed by atoms with Gasteiger partial charge in [0, 0.05) is 17.7 Å². The van der Waals surface area contributed by atoms with Gasteiger partial charge in [0.1, 0.15) is 12.1 Å². The fourth-order valence-corrected chi connectivity index (χ4v) is 3.23. The highest BCUT2D eigenvalue weighted by Gasteiger charge is 2.26. The fraction of sp³-hybridized carbons (Fsp3) is 0.222. The van der Waals surface area contributed by atoms with Gasteiger partial charge in [-0.1, -0.05) is 12.1 Å². The number of amides is 1. The lowest BCUT2D eigenvalue weighted by Crippen LogP contribution is -2.35. The van der Waals surface area contributed by atoms with Crippen LogP contribution in [0.2, 0.25) is 0 Å². The van der Waals surface area contributed by atoms with E-state index in [0.717, 1.165) is 0 Å². The molecule has 0 unspecified atom stereocenters. The van der Waals surface area contributed by atoms with Crippen LogP contribution in [-0.4, -0.2) is 39.3 Å². The molecule has 0 radical (unpaired) electrons. The summed E-state index contributed by atoms with van der Waals surface area (Å²) < 4.78 is 31.4. The first kappa shape index (κ1) is 17.1. The Labute approximate surface area is 153 Å². The molecule has 0 bridgehead atoms. The summed E-state index contributed by atoms with van der Waals surface area (Å²) in [5.74, 6) is -0.109. The average molecular weight is 371 g/mol.